The van der Waals surface area contributed by atoms with Gasteiger partial charge in [-0.25, -0.2) is 0 Å². The van der Waals surface area contributed by atoms with Crippen LogP contribution in [0.3, 0.4) is 0 Å². The number of rotatable bonds is 3. The number of piperidine rings is 1. The highest BCUT2D eigenvalue weighted by Crippen LogP contribution is 2.47. The molecule has 2 aliphatic heterocycles. The van der Waals surface area contributed by atoms with Crippen LogP contribution in [0.4, 0.5) is 11.4 Å². The Balaban J connectivity index is 1.91. The van der Waals surface area contributed by atoms with Crippen molar-refractivity contribution in [3.8, 4) is 0 Å². The SMILES string of the molecule is CCN1/C(=C/C(C)=O)Sc2ccc(N3CCCCC3)cc21. The lowest BCUT2D eigenvalue weighted by Gasteiger charge is -2.29. The highest BCUT2D eigenvalue weighted by atomic mass is 32.2. The molecule has 1 aromatic carbocycles. The summed E-state index contributed by atoms with van der Waals surface area (Å²) in [7, 11) is 0. The fraction of sp³-hybridized carbons (Fsp3) is 0.471. The molecule has 0 aliphatic carbocycles. The van der Waals surface area contributed by atoms with E-state index in [1.165, 1.54) is 35.5 Å². The van der Waals surface area contributed by atoms with Crippen molar-refractivity contribution in [3.05, 3.63) is 29.3 Å². The van der Waals surface area contributed by atoms with E-state index >= 15 is 0 Å². The standard InChI is InChI=1S/C17H22N2OS/c1-3-19-15-12-14(18-9-5-4-6-10-18)7-8-16(15)21-17(19)11-13(2)20/h7-8,11-12H,3-6,9-10H2,1-2H3/b17-11-. The van der Waals surface area contributed by atoms with Crippen LogP contribution in [0.1, 0.15) is 33.1 Å². The topological polar surface area (TPSA) is 23.6 Å². The summed E-state index contributed by atoms with van der Waals surface area (Å²) in [6.45, 7) is 6.96. The summed E-state index contributed by atoms with van der Waals surface area (Å²) in [5.74, 6) is 0.111. The number of benzene rings is 1. The number of ketones is 1. The molecule has 112 valence electrons. The molecule has 0 radical (unpaired) electrons. The van der Waals surface area contributed by atoms with Crippen LogP contribution in [-0.4, -0.2) is 25.4 Å². The summed E-state index contributed by atoms with van der Waals surface area (Å²) in [5, 5.41) is 1.05. The number of anilines is 2. The first kappa shape index (κ1) is 14.5. The van der Waals surface area contributed by atoms with Gasteiger partial charge >= 0.3 is 0 Å². The fourth-order valence-electron chi connectivity index (χ4n) is 3.05. The Labute approximate surface area is 131 Å². The van der Waals surface area contributed by atoms with Crippen molar-refractivity contribution in [1.82, 2.24) is 0 Å². The minimum atomic E-state index is 0.111. The summed E-state index contributed by atoms with van der Waals surface area (Å²) < 4.78 is 0. The maximum Gasteiger partial charge on any atom is 0.155 e. The second-order valence-electron chi connectivity index (χ2n) is 5.64. The fourth-order valence-corrected chi connectivity index (χ4v) is 4.24. The Morgan fingerprint density at radius 1 is 1.29 bits per heavy atom. The normalized spacial score (nSPS) is 20.0. The molecular formula is C17H22N2OS. The number of hydrogen-bond acceptors (Lipinski definition) is 4. The molecule has 3 rings (SSSR count). The molecule has 0 unspecified atom stereocenters. The minimum Gasteiger partial charge on any atom is -0.371 e. The summed E-state index contributed by atoms with van der Waals surface area (Å²) in [4.78, 5) is 17.4. The van der Waals surface area contributed by atoms with Gasteiger partial charge in [-0.3, -0.25) is 4.79 Å². The quantitative estimate of drug-likeness (QED) is 0.786. The number of allylic oxidation sites excluding steroid dienone is 1. The van der Waals surface area contributed by atoms with E-state index < -0.39 is 0 Å². The highest BCUT2D eigenvalue weighted by molar-refractivity contribution is 8.03. The van der Waals surface area contributed by atoms with Gasteiger partial charge in [0.05, 0.1) is 10.7 Å². The van der Waals surface area contributed by atoms with Gasteiger partial charge in [-0.05, 0) is 51.3 Å². The smallest absolute Gasteiger partial charge is 0.155 e. The number of fused-ring (bicyclic) bond motifs is 1. The van der Waals surface area contributed by atoms with Gasteiger partial charge < -0.3 is 9.80 Å². The van der Waals surface area contributed by atoms with Crippen LogP contribution in [-0.2, 0) is 4.79 Å². The largest absolute Gasteiger partial charge is 0.371 e. The van der Waals surface area contributed by atoms with E-state index in [1.54, 1.807) is 24.8 Å². The number of carbonyl (C=O) groups excluding carboxylic acids is 1. The molecule has 2 heterocycles. The number of nitrogens with zero attached hydrogens (tertiary/aromatic N) is 2. The molecule has 0 atom stereocenters. The van der Waals surface area contributed by atoms with Crippen molar-refractivity contribution in [1.29, 1.82) is 0 Å². The second-order valence-corrected chi connectivity index (χ2v) is 6.70. The van der Waals surface area contributed by atoms with Crippen LogP contribution in [0.25, 0.3) is 0 Å². The van der Waals surface area contributed by atoms with Crippen LogP contribution in [0.5, 0.6) is 0 Å². The molecule has 0 saturated carbocycles. The molecule has 0 aromatic heterocycles. The maximum atomic E-state index is 11.4. The Bertz CT molecular complexity index is 576. The lowest BCUT2D eigenvalue weighted by Crippen LogP contribution is -2.29. The molecule has 0 amide bonds. The molecule has 1 fully saturated rings. The van der Waals surface area contributed by atoms with Crippen molar-refractivity contribution in [2.24, 2.45) is 0 Å². The average Bonchev–Trinajstić information content (AvgIpc) is 2.83. The Morgan fingerprint density at radius 3 is 2.71 bits per heavy atom. The zero-order chi connectivity index (χ0) is 14.8. The van der Waals surface area contributed by atoms with Crippen molar-refractivity contribution in [2.45, 2.75) is 38.0 Å². The van der Waals surface area contributed by atoms with Gasteiger partial charge in [0, 0.05) is 36.3 Å². The van der Waals surface area contributed by atoms with Crippen molar-refractivity contribution in [3.63, 3.8) is 0 Å². The summed E-state index contributed by atoms with van der Waals surface area (Å²) in [6.07, 6.45) is 5.68. The third-order valence-electron chi connectivity index (χ3n) is 4.08. The summed E-state index contributed by atoms with van der Waals surface area (Å²) in [5.41, 5.74) is 2.56. The molecule has 1 aromatic rings. The maximum absolute atomic E-state index is 11.4. The lowest BCUT2D eigenvalue weighted by molar-refractivity contribution is -0.112. The molecule has 1 saturated heterocycles. The zero-order valence-electron chi connectivity index (χ0n) is 12.8. The van der Waals surface area contributed by atoms with Gasteiger partial charge in [0.2, 0.25) is 0 Å². The number of hydrogen-bond donors (Lipinski definition) is 0. The molecule has 0 spiro atoms. The Kier molecular flexibility index (Phi) is 4.24. The third-order valence-corrected chi connectivity index (χ3v) is 5.19. The zero-order valence-corrected chi connectivity index (χ0v) is 13.6. The molecular weight excluding hydrogens is 280 g/mol. The number of thioether (sulfide) groups is 1. The van der Waals surface area contributed by atoms with Crippen LogP contribution < -0.4 is 9.80 Å². The van der Waals surface area contributed by atoms with Gasteiger partial charge in [-0.2, -0.15) is 0 Å². The van der Waals surface area contributed by atoms with Gasteiger partial charge in [-0.15, -0.1) is 0 Å². The molecule has 0 bridgehead atoms. The first-order valence-electron chi connectivity index (χ1n) is 7.75. The van der Waals surface area contributed by atoms with E-state index in [2.05, 4.69) is 34.9 Å². The molecule has 3 nitrogen and oxygen atoms in total. The Hall–Kier alpha value is -1.42. The van der Waals surface area contributed by atoms with E-state index in [0.717, 1.165) is 24.7 Å². The summed E-state index contributed by atoms with van der Waals surface area (Å²) >= 11 is 1.70. The first-order valence-corrected chi connectivity index (χ1v) is 8.57. The predicted molar refractivity (Wildman–Crippen MR) is 90.1 cm³/mol. The van der Waals surface area contributed by atoms with E-state index in [9.17, 15) is 4.79 Å². The van der Waals surface area contributed by atoms with E-state index in [-0.39, 0.29) is 5.78 Å². The van der Waals surface area contributed by atoms with Crippen molar-refractivity contribution >= 4 is 28.9 Å². The van der Waals surface area contributed by atoms with Crippen LogP contribution in [0.2, 0.25) is 0 Å². The Morgan fingerprint density at radius 2 is 2.05 bits per heavy atom. The third kappa shape index (κ3) is 2.95. The van der Waals surface area contributed by atoms with E-state index in [4.69, 9.17) is 0 Å². The van der Waals surface area contributed by atoms with Crippen LogP contribution in [0.15, 0.2) is 34.2 Å². The van der Waals surface area contributed by atoms with E-state index in [0.29, 0.717) is 0 Å². The molecule has 2 aliphatic rings. The van der Waals surface area contributed by atoms with Crippen LogP contribution >= 0.6 is 11.8 Å². The average molecular weight is 302 g/mol. The predicted octanol–water partition coefficient (Wildman–Crippen LogP) is 4.04. The van der Waals surface area contributed by atoms with E-state index in [1.807, 2.05) is 0 Å². The van der Waals surface area contributed by atoms with Crippen molar-refractivity contribution in [2.75, 3.05) is 29.4 Å². The van der Waals surface area contributed by atoms with Gasteiger partial charge in [0.1, 0.15) is 0 Å². The molecule has 21 heavy (non-hydrogen) atoms. The molecule has 4 heteroatoms. The summed E-state index contributed by atoms with van der Waals surface area (Å²) in [6, 6.07) is 6.72. The van der Waals surface area contributed by atoms with Crippen molar-refractivity contribution < 1.29 is 4.79 Å². The monoisotopic (exact) mass is 302 g/mol. The molecule has 0 N–H and O–H groups in total. The highest BCUT2D eigenvalue weighted by Gasteiger charge is 2.25. The minimum absolute atomic E-state index is 0.111. The van der Waals surface area contributed by atoms with Crippen LogP contribution in [0, 0.1) is 0 Å². The first-order chi connectivity index (χ1) is 10.2. The second kappa shape index (κ2) is 6.14. The van der Waals surface area contributed by atoms with Gasteiger partial charge in [0.25, 0.3) is 0 Å². The van der Waals surface area contributed by atoms with Gasteiger partial charge in [-0.1, -0.05) is 11.8 Å². The van der Waals surface area contributed by atoms with Gasteiger partial charge in [0.15, 0.2) is 5.78 Å². The number of carbonyl (C=O) groups is 1. The lowest BCUT2D eigenvalue weighted by atomic mass is 10.1.